The van der Waals surface area contributed by atoms with E-state index in [0.29, 0.717) is 0 Å². The number of hydrogen-bond acceptors (Lipinski definition) is 4. The summed E-state index contributed by atoms with van der Waals surface area (Å²) < 4.78 is 10.8. The second-order valence-electron chi connectivity index (χ2n) is 4.91. The van der Waals surface area contributed by atoms with Crippen LogP contribution in [0.1, 0.15) is 36.8 Å². The number of aliphatic imine (C=N–C) groups is 1. The van der Waals surface area contributed by atoms with Crippen LogP contribution in [0, 0.1) is 6.92 Å². The first kappa shape index (κ1) is 11.3. The quantitative estimate of drug-likeness (QED) is 0.594. The number of nitrogens with zero attached hydrogens (tertiary/aromatic N) is 1. The van der Waals surface area contributed by atoms with Gasteiger partial charge in [0, 0.05) is 5.56 Å². The highest BCUT2D eigenvalue weighted by Crippen LogP contribution is 2.47. The van der Waals surface area contributed by atoms with Crippen LogP contribution < -0.4 is 9.47 Å². The fraction of sp³-hybridized carbons (Fsp3) is 0.500. The van der Waals surface area contributed by atoms with Gasteiger partial charge in [0.15, 0.2) is 11.5 Å². The first-order chi connectivity index (χ1) is 8.77. The van der Waals surface area contributed by atoms with Crippen LogP contribution >= 0.6 is 0 Å². The molecule has 1 heterocycles. The molecule has 1 aliphatic carbocycles. The van der Waals surface area contributed by atoms with E-state index in [9.17, 15) is 4.79 Å². The van der Waals surface area contributed by atoms with E-state index in [1.165, 1.54) is 0 Å². The molecule has 18 heavy (non-hydrogen) atoms. The molecule has 2 aliphatic rings. The zero-order valence-electron chi connectivity index (χ0n) is 10.4. The van der Waals surface area contributed by atoms with E-state index < -0.39 is 5.54 Å². The molecule has 1 aromatic carbocycles. The van der Waals surface area contributed by atoms with Crippen LogP contribution in [0.4, 0.5) is 0 Å². The average molecular weight is 245 g/mol. The minimum absolute atomic E-state index is 0.267. The minimum atomic E-state index is -0.396. The van der Waals surface area contributed by atoms with E-state index >= 15 is 0 Å². The summed E-state index contributed by atoms with van der Waals surface area (Å²) in [5.74, 6) is 1.57. The van der Waals surface area contributed by atoms with E-state index in [1.54, 1.807) is 6.08 Å². The van der Waals surface area contributed by atoms with Crippen LogP contribution in [0.25, 0.3) is 0 Å². The van der Waals surface area contributed by atoms with Crippen molar-refractivity contribution in [1.82, 2.24) is 0 Å². The predicted octanol–water partition coefficient (Wildman–Crippen LogP) is 2.83. The van der Waals surface area contributed by atoms with Crippen LogP contribution in [0.2, 0.25) is 0 Å². The lowest BCUT2D eigenvalue weighted by atomic mass is 9.85. The second kappa shape index (κ2) is 4.14. The Morgan fingerprint density at radius 2 is 2.06 bits per heavy atom. The van der Waals surface area contributed by atoms with Crippen molar-refractivity contribution in [2.24, 2.45) is 4.99 Å². The van der Waals surface area contributed by atoms with E-state index in [1.807, 2.05) is 19.1 Å². The van der Waals surface area contributed by atoms with Gasteiger partial charge in [-0.05, 0) is 31.4 Å². The summed E-state index contributed by atoms with van der Waals surface area (Å²) in [4.78, 5) is 14.8. The molecular weight excluding hydrogens is 230 g/mol. The fourth-order valence-electron chi connectivity index (χ4n) is 3.10. The first-order valence-electron chi connectivity index (χ1n) is 6.25. The smallest absolute Gasteiger partial charge is 0.235 e. The number of benzene rings is 1. The topological polar surface area (TPSA) is 47.9 Å². The maximum absolute atomic E-state index is 10.7. The number of rotatable bonds is 2. The normalized spacial score (nSPS) is 19.6. The highest BCUT2D eigenvalue weighted by molar-refractivity contribution is 5.54. The third-order valence-electron chi connectivity index (χ3n) is 3.98. The minimum Gasteiger partial charge on any atom is -0.454 e. The van der Waals surface area contributed by atoms with Gasteiger partial charge in [0.05, 0.1) is 5.54 Å². The summed E-state index contributed by atoms with van der Waals surface area (Å²) in [6.07, 6.45) is 5.75. The van der Waals surface area contributed by atoms with Gasteiger partial charge in [-0.2, -0.15) is 4.99 Å². The Labute approximate surface area is 106 Å². The molecule has 4 heteroatoms. The van der Waals surface area contributed by atoms with Crippen molar-refractivity contribution in [1.29, 1.82) is 0 Å². The molecule has 1 fully saturated rings. The maximum Gasteiger partial charge on any atom is 0.235 e. The monoisotopic (exact) mass is 245 g/mol. The van der Waals surface area contributed by atoms with E-state index in [-0.39, 0.29) is 6.79 Å². The van der Waals surface area contributed by atoms with E-state index in [4.69, 9.17) is 9.47 Å². The van der Waals surface area contributed by atoms with Crippen LogP contribution in [-0.2, 0) is 10.3 Å². The molecule has 0 radical (unpaired) electrons. The maximum atomic E-state index is 10.7. The van der Waals surface area contributed by atoms with Gasteiger partial charge >= 0.3 is 0 Å². The number of hydrogen-bond donors (Lipinski definition) is 0. The van der Waals surface area contributed by atoms with Crippen molar-refractivity contribution in [3.05, 3.63) is 23.3 Å². The molecule has 0 bridgehead atoms. The summed E-state index contributed by atoms with van der Waals surface area (Å²) in [5.41, 5.74) is 1.71. The molecule has 4 nitrogen and oxygen atoms in total. The number of carbonyl (C=O) groups excluding carboxylic acids is 1. The number of ether oxygens (including phenoxy) is 2. The Bertz CT molecular complexity index is 526. The zero-order valence-corrected chi connectivity index (χ0v) is 10.4. The predicted molar refractivity (Wildman–Crippen MR) is 65.6 cm³/mol. The summed E-state index contributed by atoms with van der Waals surface area (Å²) >= 11 is 0. The highest BCUT2D eigenvalue weighted by Gasteiger charge is 2.38. The molecule has 0 N–H and O–H groups in total. The third-order valence-corrected chi connectivity index (χ3v) is 3.98. The number of isocyanates is 1. The first-order valence-corrected chi connectivity index (χ1v) is 6.25. The van der Waals surface area contributed by atoms with Gasteiger partial charge in [-0.1, -0.05) is 18.9 Å². The second-order valence-corrected chi connectivity index (χ2v) is 4.91. The van der Waals surface area contributed by atoms with Crippen LogP contribution in [-0.4, -0.2) is 12.9 Å². The SMILES string of the molecule is Cc1c(C2(N=C=O)CCCC2)ccc2c1OCO2. The summed E-state index contributed by atoms with van der Waals surface area (Å²) in [6, 6.07) is 3.92. The molecule has 0 amide bonds. The summed E-state index contributed by atoms with van der Waals surface area (Å²) in [6.45, 7) is 2.27. The molecule has 0 atom stereocenters. The van der Waals surface area contributed by atoms with Gasteiger partial charge in [-0.25, -0.2) is 4.79 Å². The van der Waals surface area contributed by atoms with Gasteiger partial charge < -0.3 is 9.47 Å². The Kier molecular flexibility index (Phi) is 2.60. The van der Waals surface area contributed by atoms with Crippen LogP contribution in [0.15, 0.2) is 17.1 Å². The van der Waals surface area contributed by atoms with E-state index in [2.05, 4.69) is 4.99 Å². The van der Waals surface area contributed by atoms with Crippen LogP contribution in [0.3, 0.4) is 0 Å². The largest absolute Gasteiger partial charge is 0.454 e. The van der Waals surface area contributed by atoms with Crippen molar-refractivity contribution >= 4 is 6.08 Å². The summed E-state index contributed by atoms with van der Waals surface area (Å²) in [7, 11) is 0. The van der Waals surface area contributed by atoms with Crippen molar-refractivity contribution in [2.45, 2.75) is 38.1 Å². The Hall–Kier alpha value is -1.80. The molecule has 0 saturated heterocycles. The Balaban J connectivity index is 2.13. The number of fused-ring (bicyclic) bond motifs is 1. The lowest BCUT2D eigenvalue weighted by Crippen LogP contribution is -2.20. The molecule has 1 aromatic rings. The molecule has 0 spiro atoms. The third kappa shape index (κ3) is 1.53. The summed E-state index contributed by atoms with van der Waals surface area (Å²) in [5, 5.41) is 0. The lowest BCUT2D eigenvalue weighted by Gasteiger charge is -2.25. The molecule has 94 valence electrons. The van der Waals surface area contributed by atoms with Crippen molar-refractivity contribution in [3.63, 3.8) is 0 Å². The molecular formula is C14H15NO3. The Morgan fingerprint density at radius 3 is 2.78 bits per heavy atom. The standard InChI is InChI=1S/C14H15NO3/c1-10-11(4-5-12-13(10)18-9-17-12)14(15-8-16)6-2-3-7-14/h4-5H,2-3,6-7,9H2,1H3. The molecule has 0 aromatic heterocycles. The molecule has 1 aliphatic heterocycles. The highest BCUT2D eigenvalue weighted by atomic mass is 16.7. The Morgan fingerprint density at radius 1 is 1.28 bits per heavy atom. The average Bonchev–Trinajstić information content (AvgIpc) is 2.99. The van der Waals surface area contributed by atoms with Gasteiger partial charge in [0.1, 0.15) is 0 Å². The lowest BCUT2D eigenvalue weighted by molar-refractivity contribution is 0.173. The van der Waals surface area contributed by atoms with Crippen LogP contribution in [0.5, 0.6) is 11.5 Å². The van der Waals surface area contributed by atoms with E-state index in [0.717, 1.165) is 48.3 Å². The van der Waals surface area contributed by atoms with Gasteiger partial charge in [0.2, 0.25) is 12.9 Å². The molecule has 1 saturated carbocycles. The van der Waals surface area contributed by atoms with Gasteiger partial charge in [0.25, 0.3) is 0 Å². The van der Waals surface area contributed by atoms with Crippen molar-refractivity contribution in [2.75, 3.05) is 6.79 Å². The molecule has 0 unspecified atom stereocenters. The van der Waals surface area contributed by atoms with Crippen molar-refractivity contribution < 1.29 is 14.3 Å². The van der Waals surface area contributed by atoms with Gasteiger partial charge in [-0.15, -0.1) is 0 Å². The fourth-order valence-corrected chi connectivity index (χ4v) is 3.10. The van der Waals surface area contributed by atoms with Gasteiger partial charge in [-0.3, -0.25) is 0 Å². The zero-order chi connectivity index (χ0) is 12.6. The van der Waals surface area contributed by atoms with Crippen molar-refractivity contribution in [3.8, 4) is 11.5 Å². The molecule has 3 rings (SSSR count).